The van der Waals surface area contributed by atoms with Crippen molar-refractivity contribution >= 4 is 23.3 Å². The molecular formula is C13H13NO4S. The molecule has 0 radical (unpaired) electrons. The van der Waals surface area contributed by atoms with Crippen molar-refractivity contribution in [2.45, 2.75) is 19.4 Å². The zero-order valence-electron chi connectivity index (χ0n) is 10.1. The number of aryl methyl sites for hydroxylation is 1. The van der Waals surface area contributed by atoms with Crippen LogP contribution < -0.4 is 0 Å². The summed E-state index contributed by atoms with van der Waals surface area (Å²) < 4.78 is 1.66. The number of carboxylic acid groups (broad SMARTS) is 2. The molecule has 0 aromatic carbocycles. The van der Waals surface area contributed by atoms with Crippen LogP contribution in [0.1, 0.15) is 12.1 Å². The maximum absolute atomic E-state index is 10.9. The van der Waals surface area contributed by atoms with Gasteiger partial charge in [-0.2, -0.15) is 0 Å². The second-order valence-electron chi connectivity index (χ2n) is 4.06. The van der Waals surface area contributed by atoms with Gasteiger partial charge in [-0.3, -0.25) is 9.59 Å². The van der Waals surface area contributed by atoms with Gasteiger partial charge in [0.2, 0.25) is 0 Å². The Morgan fingerprint density at radius 3 is 2.53 bits per heavy atom. The van der Waals surface area contributed by atoms with Gasteiger partial charge >= 0.3 is 11.9 Å². The van der Waals surface area contributed by atoms with Crippen molar-refractivity contribution in [3.63, 3.8) is 0 Å². The van der Waals surface area contributed by atoms with Crippen LogP contribution in [0.3, 0.4) is 0 Å². The van der Waals surface area contributed by atoms with Crippen molar-refractivity contribution in [2.24, 2.45) is 0 Å². The smallest absolute Gasteiger partial charge is 0.323 e. The van der Waals surface area contributed by atoms with Crippen molar-refractivity contribution in [3.8, 4) is 10.6 Å². The van der Waals surface area contributed by atoms with Crippen LogP contribution in [0, 0.1) is 0 Å². The van der Waals surface area contributed by atoms with Crippen LogP contribution >= 0.6 is 11.3 Å². The first-order valence-corrected chi connectivity index (χ1v) is 6.62. The Labute approximate surface area is 113 Å². The van der Waals surface area contributed by atoms with Crippen LogP contribution in [-0.2, 0) is 22.6 Å². The van der Waals surface area contributed by atoms with Gasteiger partial charge in [0, 0.05) is 5.69 Å². The number of aliphatic carboxylic acids is 2. The highest BCUT2D eigenvalue weighted by Crippen LogP contribution is 2.27. The van der Waals surface area contributed by atoms with Gasteiger partial charge in [-0.1, -0.05) is 6.07 Å². The summed E-state index contributed by atoms with van der Waals surface area (Å²) in [5.41, 5.74) is 1.55. The van der Waals surface area contributed by atoms with Gasteiger partial charge in [0.05, 0.1) is 17.0 Å². The molecule has 0 saturated heterocycles. The Kier molecular flexibility index (Phi) is 4.01. The first kappa shape index (κ1) is 13.4. The molecule has 2 aromatic rings. The highest BCUT2D eigenvalue weighted by molar-refractivity contribution is 7.13. The minimum Gasteiger partial charge on any atom is -0.481 e. The second kappa shape index (κ2) is 5.71. The minimum absolute atomic E-state index is 0.00644. The summed E-state index contributed by atoms with van der Waals surface area (Å²) in [4.78, 5) is 22.5. The quantitative estimate of drug-likeness (QED) is 0.850. The van der Waals surface area contributed by atoms with Crippen LogP contribution in [0.5, 0.6) is 0 Å². The maximum Gasteiger partial charge on any atom is 0.323 e. The van der Waals surface area contributed by atoms with E-state index in [4.69, 9.17) is 10.2 Å². The lowest BCUT2D eigenvalue weighted by Gasteiger charge is -2.09. The SMILES string of the molecule is O=C(O)CCc1ccc(-c2cccs2)n1CC(=O)O. The third-order valence-electron chi connectivity index (χ3n) is 2.73. The van der Waals surface area contributed by atoms with E-state index in [9.17, 15) is 9.59 Å². The van der Waals surface area contributed by atoms with E-state index in [1.807, 2.05) is 23.6 Å². The van der Waals surface area contributed by atoms with Crippen LogP contribution in [0.15, 0.2) is 29.6 Å². The normalized spacial score (nSPS) is 10.5. The van der Waals surface area contributed by atoms with Gasteiger partial charge < -0.3 is 14.8 Å². The third-order valence-corrected chi connectivity index (χ3v) is 3.63. The molecule has 0 bridgehead atoms. The van der Waals surface area contributed by atoms with E-state index in [2.05, 4.69) is 0 Å². The molecule has 6 heteroatoms. The molecule has 0 aliphatic carbocycles. The standard InChI is InChI=1S/C13H13NO4S/c15-12(16)6-4-9-3-5-10(11-2-1-7-19-11)14(9)8-13(17)18/h1-3,5,7H,4,6,8H2,(H,15,16)(H,17,18). The van der Waals surface area contributed by atoms with E-state index >= 15 is 0 Å². The predicted molar refractivity (Wildman–Crippen MR) is 71.3 cm³/mol. The van der Waals surface area contributed by atoms with Crippen molar-refractivity contribution in [1.29, 1.82) is 0 Å². The molecular weight excluding hydrogens is 266 g/mol. The Balaban J connectivity index is 2.33. The Bertz CT molecular complexity index is 586. The molecule has 2 heterocycles. The van der Waals surface area contributed by atoms with E-state index < -0.39 is 11.9 Å². The second-order valence-corrected chi connectivity index (χ2v) is 5.01. The summed E-state index contributed by atoms with van der Waals surface area (Å²) in [6, 6.07) is 7.45. The lowest BCUT2D eigenvalue weighted by atomic mass is 10.2. The first-order valence-electron chi connectivity index (χ1n) is 5.74. The van der Waals surface area contributed by atoms with E-state index in [0.717, 1.165) is 16.3 Å². The Morgan fingerprint density at radius 2 is 1.95 bits per heavy atom. The molecule has 0 fully saturated rings. The molecule has 2 N–H and O–H groups in total. The molecule has 0 aliphatic rings. The molecule has 0 unspecified atom stereocenters. The largest absolute Gasteiger partial charge is 0.481 e. The van der Waals surface area contributed by atoms with Gasteiger partial charge in [0.25, 0.3) is 0 Å². The molecule has 19 heavy (non-hydrogen) atoms. The highest BCUT2D eigenvalue weighted by Gasteiger charge is 2.14. The summed E-state index contributed by atoms with van der Waals surface area (Å²) in [5, 5.41) is 19.6. The summed E-state index contributed by atoms with van der Waals surface area (Å²) >= 11 is 1.52. The Hall–Kier alpha value is -2.08. The van der Waals surface area contributed by atoms with Crippen LogP contribution in [0.2, 0.25) is 0 Å². The number of hydrogen-bond donors (Lipinski definition) is 2. The molecule has 0 saturated carbocycles. The molecule has 0 amide bonds. The van der Waals surface area contributed by atoms with Crippen molar-refractivity contribution in [2.75, 3.05) is 0 Å². The van der Waals surface area contributed by atoms with Crippen molar-refractivity contribution in [3.05, 3.63) is 35.3 Å². The average Bonchev–Trinajstić information content (AvgIpc) is 2.94. The van der Waals surface area contributed by atoms with Gasteiger partial charge in [-0.15, -0.1) is 11.3 Å². The van der Waals surface area contributed by atoms with E-state index in [1.165, 1.54) is 11.3 Å². The summed E-state index contributed by atoms with van der Waals surface area (Å²) in [7, 11) is 0. The number of thiophene rings is 1. The van der Waals surface area contributed by atoms with Crippen LogP contribution in [0.25, 0.3) is 10.6 Å². The zero-order chi connectivity index (χ0) is 13.8. The van der Waals surface area contributed by atoms with E-state index in [-0.39, 0.29) is 13.0 Å². The molecule has 5 nitrogen and oxygen atoms in total. The summed E-state index contributed by atoms with van der Waals surface area (Å²) in [5.74, 6) is -1.83. The zero-order valence-corrected chi connectivity index (χ0v) is 10.9. The predicted octanol–water partition coefficient (Wildman–Crippen LogP) is 2.32. The third kappa shape index (κ3) is 3.23. The number of hydrogen-bond acceptors (Lipinski definition) is 3. The number of nitrogens with zero attached hydrogens (tertiary/aromatic N) is 1. The van der Waals surface area contributed by atoms with Crippen molar-refractivity contribution < 1.29 is 19.8 Å². The lowest BCUT2D eigenvalue weighted by Crippen LogP contribution is -2.13. The fourth-order valence-corrected chi connectivity index (χ4v) is 2.68. The number of carboxylic acids is 2. The minimum atomic E-state index is -0.939. The first-order chi connectivity index (χ1) is 9.08. The number of carbonyl (C=O) groups is 2. The van der Waals surface area contributed by atoms with Gasteiger partial charge in [-0.25, -0.2) is 0 Å². The maximum atomic E-state index is 10.9. The van der Waals surface area contributed by atoms with Gasteiger partial charge in [0.15, 0.2) is 0 Å². The fourth-order valence-electron chi connectivity index (χ4n) is 1.92. The Morgan fingerprint density at radius 1 is 1.16 bits per heavy atom. The lowest BCUT2D eigenvalue weighted by molar-refractivity contribution is -0.138. The van der Waals surface area contributed by atoms with Crippen molar-refractivity contribution in [1.82, 2.24) is 4.57 Å². The fraction of sp³-hybridized carbons (Fsp3) is 0.231. The molecule has 0 aliphatic heterocycles. The molecule has 2 rings (SSSR count). The van der Waals surface area contributed by atoms with E-state index in [0.29, 0.717) is 6.42 Å². The topological polar surface area (TPSA) is 79.5 Å². The molecule has 0 spiro atoms. The highest BCUT2D eigenvalue weighted by atomic mass is 32.1. The summed E-state index contributed by atoms with van der Waals surface area (Å²) in [6.07, 6.45) is 0.321. The van der Waals surface area contributed by atoms with Gasteiger partial charge in [-0.05, 0) is 30.0 Å². The molecule has 100 valence electrons. The molecule has 2 aromatic heterocycles. The average molecular weight is 279 g/mol. The van der Waals surface area contributed by atoms with Crippen LogP contribution in [-0.4, -0.2) is 26.7 Å². The molecule has 0 atom stereocenters. The van der Waals surface area contributed by atoms with E-state index in [1.54, 1.807) is 10.6 Å². The number of aromatic nitrogens is 1. The monoisotopic (exact) mass is 279 g/mol. The number of rotatable bonds is 6. The van der Waals surface area contributed by atoms with Crippen LogP contribution in [0.4, 0.5) is 0 Å². The summed E-state index contributed by atoms with van der Waals surface area (Å²) in [6.45, 7) is -0.158. The van der Waals surface area contributed by atoms with Gasteiger partial charge in [0.1, 0.15) is 6.54 Å².